The number of nitrogens with zero attached hydrogens (tertiary/aromatic N) is 2. The zero-order chi connectivity index (χ0) is 11.3. The van der Waals surface area contributed by atoms with E-state index in [4.69, 9.17) is 34.8 Å². The third-order valence-electron chi connectivity index (χ3n) is 2.19. The molecule has 3 nitrogen and oxygen atoms in total. The topological polar surface area (TPSA) is 37.8 Å². The molecule has 1 aromatic heterocycles. The van der Waals surface area contributed by atoms with E-state index in [1.165, 1.54) is 12.4 Å². The van der Waals surface area contributed by atoms with Gasteiger partial charge in [0.15, 0.2) is 0 Å². The number of anilines is 1. The Morgan fingerprint density at radius 1 is 1.27 bits per heavy atom. The highest BCUT2D eigenvalue weighted by Crippen LogP contribution is 2.20. The minimum atomic E-state index is -0.364. The average Bonchev–Trinajstić information content (AvgIpc) is 2.29. The summed E-state index contributed by atoms with van der Waals surface area (Å²) in [6.07, 6.45) is 3.85. The van der Waals surface area contributed by atoms with Crippen molar-refractivity contribution in [1.29, 1.82) is 0 Å². The summed E-state index contributed by atoms with van der Waals surface area (Å²) in [4.78, 5) is 8.07. The predicted octanol–water partition coefficient (Wildman–Crippen LogP) is 3.17. The van der Waals surface area contributed by atoms with Gasteiger partial charge in [-0.05, 0) is 6.42 Å². The monoisotopic (exact) mass is 267 g/mol. The second-order valence-electron chi connectivity index (χ2n) is 3.25. The van der Waals surface area contributed by atoms with E-state index in [1.54, 1.807) is 0 Å². The maximum atomic E-state index is 5.88. The van der Waals surface area contributed by atoms with Gasteiger partial charge in [0.2, 0.25) is 5.95 Å². The Bertz CT molecular complexity index is 290. The highest BCUT2D eigenvalue weighted by molar-refractivity contribution is 6.30. The van der Waals surface area contributed by atoms with Gasteiger partial charge in [-0.15, -0.1) is 23.2 Å². The molecule has 1 heterocycles. The summed E-state index contributed by atoms with van der Waals surface area (Å²) in [6.45, 7) is 2.01. The molecule has 1 rings (SSSR count). The fourth-order valence-electron chi connectivity index (χ4n) is 0.994. The highest BCUT2D eigenvalue weighted by atomic mass is 35.5. The highest BCUT2D eigenvalue weighted by Gasteiger charge is 2.26. The number of aromatic nitrogens is 2. The number of alkyl halides is 2. The van der Waals surface area contributed by atoms with Gasteiger partial charge in [-0.25, -0.2) is 9.97 Å². The fraction of sp³-hybridized carbons (Fsp3) is 0.556. The summed E-state index contributed by atoms with van der Waals surface area (Å²) in [5, 5.41) is 3.62. The van der Waals surface area contributed by atoms with Gasteiger partial charge in [0.05, 0.1) is 23.0 Å². The Hall–Kier alpha value is -0.250. The van der Waals surface area contributed by atoms with Crippen molar-refractivity contribution in [3.05, 3.63) is 17.4 Å². The molecule has 1 aromatic rings. The van der Waals surface area contributed by atoms with Crippen LogP contribution >= 0.6 is 34.8 Å². The van der Waals surface area contributed by atoms with E-state index in [-0.39, 0.29) is 5.54 Å². The smallest absolute Gasteiger partial charge is 0.223 e. The molecule has 15 heavy (non-hydrogen) atoms. The third kappa shape index (κ3) is 3.37. The molecule has 0 aromatic carbocycles. The number of nitrogens with one attached hydrogen (secondary N) is 1. The van der Waals surface area contributed by atoms with Crippen LogP contribution in [0, 0.1) is 0 Å². The van der Waals surface area contributed by atoms with Crippen molar-refractivity contribution in [1.82, 2.24) is 9.97 Å². The molecule has 0 aliphatic carbocycles. The first-order valence-electron chi connectivity index (χ1n) is 4.53. The van der Waals surface area contributed by atoms with Crippen LogP contribution in [0.2, 0.25) is 5.02 Å². The molecule has 0 saturated carbocycles. The zero-order valence-electron chi connectivity index (χ0n) is 8.30. The molecule has 0 amide bonds. The SMILES string of the molecule is CCC(CCl)(CCl)Nc1ncc(Cl)cn1. The predicted molar refractivity (Wildman–Crippen MR) is 65.1 cm³/mol. The molecule has 6 heteroatoms. The Morgan fingerprint density at radius 3 is 2.20 bits per heavy atom. The summed E-state index contributed by atoms with van der Waals surface area (Å²) < 4.78 is 0. The van der Waals surface area contributed by atoms with Gasteiger partial charge in [-0.2, -0.15) is 0 Å². The molecule has 0 spiro atoms. The van der Waals surface area contributed by atoms with Crippen molar-refractivity contribution in [2.45, 2.75) is 18.9 Å². The molecule has 0 unspecified atom stereocenters. The van der Waals surface area contributed by atoms with Crippen LogP contribution in [0.5, 0.6) is 0 Å². The second-order valence-corrected chi connectivity index (χ2v) is 4.22. The summed E-state index contributed by atoms with van der Waals surface area (Å²) in [5.74, 6) is 1.29. The van der Waals surface area contributed by atoms with E-state index in [1.807, 2.05) is 6.92 Å². The van der Waals surface area contributed by atoms with E-state index in [0.29, 0.717) is 22.7 Å². The van der Waals surface area contributed by atoms with Crippen molar-refractivity contribution in [2.24, 2.45) is 0 Å². The molecule has 0 fully saturated rings. The molecule has 0 radical (unpaired) electrons. The average molecular weight is 269 g/mol. The summed E-state index contributed by atoms with van der Waals surface area (Å²) >= 11 is 17.4. The number of rotatable bonds is 5. The first-order valence-corrected chi connectivity index (χ1v) is 5.98. The molecular formula is C9H12Cl3N3. The van der Waals surface area contributed by atoms with E-state index < -0.39 is 0 Å². The van der Waals surface area contributed by atoms with Crippen molar-refractivity contribution < 1.29 is 0 Å². The number of hydrogen-bond donors (Lipinski definition) is 1. The van der Waals surface area contributed by atoms with Gasteiger partial charge in [-0.3, -0.25) is 0 Å². The van der Waals surface area contributed by atoms with Gasteiger partial charge in [0.1, 0.15) is 0 Å². The van der Waals surface area contributed by atoms with E-state index in [2.05, 4.69) is 15.3 Å². The number of halogens is 3. The van der Waals surface area contributed by atoms with Gasteiger partial charge in [0.25, 0.3) is 0 Å². The minimum absolute atomic E-state index is 0.364. The lowest BCUT2D eigenvalue weighted by atomic mass is 10.0. The fourth-order valence-corrected chi connectivity index (χ4v) is 1.89. The second kappa shape index (κ2) is 5.73. The van der Waals surface area contributed by atoms with Gasteiger partial charge < -0.3 is 5.32 Å². The lowest BCUT2D eigenvalue weighted by Gasteiger charge is -2.29. The molecular weight excluding hydrogens is 256 g/mol. The van der Waals surface area contributed by atoms with Crippen LogP contribution in [0.1, 0.15) is 13.3 Å². The lowest BCUT2D eigenvalue weighted by Crippen LogP contribution is -2.42. The van der Waals surface area contributed by atoms with Crippen molar-refractivity contribution in [3.63, 3.8) is 0 Å². The maximum absolute atomic E-state index is 5.88. The Morgan fingerprint density at radius 2 is 1.80 bits per heavy atom. The molecule has 0 aliphatic heterocycles. The number of hydrogen-bond acceptors (Lipinski definition) is 3. The Balaban J connectivity index is 2.78. The van der Waals surface area contributed by atoms with Gasteiger partial charge in [-0.1, -0.05) is 18.5 Å². The zero-order valence-corrected chi connectivity index (χ0v) is 10.6. The lowest BCUT2D eigenvalue weighted by molar-refractivity contribution is 0.555. The molecule has 0 saturated heterocycles. The minimum Gasteiger partial charge on any atom is -0.346 e. The normalized spacial score (nSPS) is 11.5. The van der Waals surface area contributed by atoms with Crippen LogP contribution in [0.15, 0.2) is 12.4 Å². The largest absolute Gasteiger partial charge is 0.346 e. The molecule has 0 bridgehead atoms. The van der Waals surface area contributed by atoms with E-state index in [0.717, 1.165) is 6.42 Å². The van der Waals surface area contributed by atoms with Crippen molar-refractivity contribution in [2.75, 3.05) is 17.1 Å². The van der Waals surface area contributed by atoms with Crippen LogP contribution in [0.4, 0.5) is 5.95 Å². The van der Waals surface area contributed by atoms with E-state index in [9.17, 15) is 0 Å². The van der Waals surface area contributed by atoms with Crippen molar-refractivity contribution >= 4 is 40.8 Å². The van der Waals surface area contributed by atoms with E-state index >= 15 is 0 Å². The summed E-state index contributed by atoms with van der Waals surface area (Å²) in [7, 11) is 0. The van der Waals surface area contributed by atoms with Crippen LogP contribution in [0.25, 0.3) is 0 Å². The van der Waals surface area contributed by atoms with Gasteiger partial charge >= 0.3 is 0 Å². The third-order valence-corrected chi connectivity index (χ3v) is 3.40. The van der Waals surface area contributed by atoms with Crippen LogP contribution < -0.4 is 5.32 Å². The Labute approximate surface area is 104 Å². The Kier molecular flexibility index (Phi) is 4.90. The molecule has 0 aliphatic rings. The molecule has 84 valence electrons. The maximum Gasteiger partial charge on any atom is 0.223 e. The quantitative estimate of drug-likeness (QED) is 0.834. The van der Waals surface area contributed by atoms with Crippen LogP contribution in [-0.4, -0.2) is 27.3 Å². The summed E-state index contributed by atoms with van der Waals surface area (Å²) in [5.41, 5.74) is -0.364. The van der Waals surface area contributed by atoms with Crippen molar-refractivity contribution in [3.8, 4) is 0 Å². The molecule has 0 atom stereocenters. The molecule has 1 N–H and O–H groups in total. The van der Waals surface area contributed by atoms with Gasteiger partial charge in [0, 0.05) is 11.8 Å². The summed E-state index contributed by atoms with van der Waals surface area (Å²) in [6, 6.07) is 0. The van der Waals surface area contributed by atoms with Crippen LogP contribution in [-0.2, 0) is 0 Å². The first-order chi connectivity index (χ1) is 7.15. The first kappa shape index (κ1) is 12.8. The standard InChI is InChI=1S/C9H12Cl3N3/c1-2-9(5-10,6-11)15-8-13-3-7(12)4-14-8/h3-4H,2,5-6H2,1H3,(H,13,14,15). The van der Waals surface area contributed by atoms with Crippen LogP contribution in [0.3, 0.4) is 0 Å².